The molecule has 7 nitrogen and oxygen atoms in total. The van der Waals surface area contributed by atoms with Crippen LogP contribution in [-0.4, -0.2) is 57.6 Å². The number of amides is 2. The number of rotatable bonds is 5. The Morgan fingerprint density at radius 1 is 1.21 bits per heavy atom. The fourth-order valence-corrected chi connectivity index (χ4v) is 4.66. The van der Waals surface area contributed by atoms with Crippen LogP contribution in [0.25, 0.3) is 0 Å². The molecule has 1 spiro atoms. The van der Waals surface area contributed by atoms with Gasteiger partial charge in [0, 0.05) is 32.2 Å². The number of hydrogen-bond donors (Lipinski definition) is 1. The number of aromatic nitrogens is 2. The smallest absolute Gasteiger partial charge is 0.244 e. The van der Waals surface area contributed by atoms with Crippen LogP contribution in [0.3, 0.4) is 0 Å². The Bertz CT molecular complexity index is 894. The van der Waals surface area contributed by atoms with Crippen LogP contribution in [0, 0.1) is 12.3 Å². The first-order valence-corrected chi connectivity index (χ1v) is 10.4. The molecule has 2 saturated heterocycles. The first kappa shape index (κ1) is 19.5. The van der Waals surface area contributed by atoms with Crippen molar-refractivity contribution in [1.82, 2.24) is 19.6 Å². The molecule has 0 saturated carbocycles. The highest BCUT2D eigenvalue weighted by Gasteiger charge is 2.49. The zero-order valence-electron chi connectivity index (χ0n) is 17.0. The lowest BCUT2D eigenvalue weighted by Crippen LogP contribution is -2.51. The second-order valence-corrected chi connectivity index (χ2v) is 8.35. The first-order valence-electron chi connectivity index (χ1n) is 10.4. The number of nitrogens with zero attached hydrogens (tertiary/aromatic N) is 4. The lowest BCUT2D eigenvalue weighted by atomic mass is 9.78. The largest absolute Gasteiger partial charge is 0.384 e. The van der Waals surface area contributed by atoms with Gasteiger partial charge in [0.15, 0.2) is 0 Å². The van der Waals surface area contributed by atoms with Crippen molar-refractivity contribution in [2.75, 3.05) is 31.9 Å². The molecule has 0 unspecified atom stereocenters. The maximum atomic E-state index is 13.3. The summed E-state index contributed by atoms with van der Waals surface area (Å²) in [4.78, 5) is 29.9. The summed E-state index contributed by atoms with van der Waals surface area (Å²) in [7, 11) is 0. The number of anilines is 1. The molecule has 2 aromatic rings. The number of benzene rings is 1. The lowest BCUT2D eigenvalue weighted by Gasteiger charge is -2.39. The van der Waals surface area contributed by atoms with Crippen molar-refractivity contribution in [2.24, 2.45) is 5.41 Å². The molecule has 3 heterocycles. The van der Waals surface area contributed by atoms with E-state index in [1.54, 1.807) is 6.07 Å². The molecule has 2 amide bonds. The van der Waals surface area contributed by atoms with Gasteiger partial charge in [0.2, 0.25) is 11.8 Å². The van der Waals surface area contributed by atoms with Gasteiger partial charge in [0.05, 0.1) is 11.1 Å². The third-order valence-electron chi connectivity index (χ3n) is 6.26. The minimum absolute atomic E-state index is 0.0223. The second-order valence-electron chi connectivity index (χ2n) is 8.35. The average molecular weight is 396 g/mol. The van der Waals surface area contributed by atoms with Crippen LogP contribution in [0.4, 0.5) is 5.82 Å². The van der Waals surface area contributed by atoms with Gasteiger partial charge in [0.25, 0.3) is 0 Å². The highest BCUT2D eigenvalue weighted by Crippen LogP contribution is 2.40. The Balaban J connectivity index is 1.38. The number of piperidine rings is 1. The molecule has 1 aromatic carbocycles. The van der Waals surface area contributed by atoms with Gasteiger partial charge >= 0.3 is 0 Å². The predicted molar refractivity (Wildman–Crippen MR) is 111 cm³/mol. The quantitative estimate of drug-likeness (QED) is 0.837. The second kappa shape index (κ2) is 7.89. The van der Waals surface area contributed by atoms with Crippen LogP contribution < -0.4 is 5.73 Å². The summed E-state index contributed by atoms with van der Waals surface area (Å²) in [5, 5.41) is 4.27. The van der Waals surface area contributed by atoms with Gasteiger partial charge in [-0.25, -0.2) is 4.68 Å². The van der Waals surface area contributed by atoms with Crippen LogP contribution in [0.5, 0.6) is 0 Å². The van der Waals surface area contributed by atoms with Gasteiger partial charge in [-0.1, -0.05) is 30.3 Å². The summed E-state index contributed by atoms with van der Waals surface area (Å²) in [6.45, 7) is 4.66. The molecular formula is C22H29N5O2. The zero-order valence-corrected chi connectivity index (χ0v) is 17.0. The highest BCUT2D eigenvalue weighted by atomic mass is 16.2. The lowest BCUT2D eigenvalue weighted by molar-refractivity contribution is -0.146. The van der Waals surface area contributed by atoms with Crippen molar-refractivity contribution < 1.29 is 9.59 Å². The third kappa shape index (κ3) is 3.99. The maximum absolute atomic E-state index is 13.3. The average Bonchev–Trinajstić information content (AvgIpc) is 3.28. The Morgan fingerprint density at radius 2 is 2.00 bits per heavy atom. The van der Waals surface area contributed by atoms with E-state index in [-0.39, 0.29) is 18.4 Å². The summed E-state index contributed by atoms with van der Waals surface area (Å²) in [6, 6.07) is 12.0. The highest BCUT2D eigenvalue weighted by molar-refractivity contribution is 5.86. The van der Waals surface area contributed by atoms with Crippen LogP contribution in [-0.2, 0) is 22.6 Å². The standard InChI is InChI=1S/C22H29N5O2/c1-17-14-19(23)27(24-17)15-20(28)26-13-10-22(16-26)9-5-11-25(21(22)29)12-8-18-6-3-2-4-7-18/h2-4,6-7,14H,5,8-13,15-16,23H2,1H3/t22-/m0/s1. The number of nitrogen functional groups attached to an aromatic ring is 1. The maximum Gasteiger partial charge on any atom is 0.244 e. The zero-order chi connectivity index (χ0) is 20.4. The van der Waals surface area contributed by atoms with Gasteiger partial charge in [-0.3, -0.25) is 9.59 Å². The first-order chi connectivity index (χ1) is 14.0. The van der Waals surface area contributed by atoms with Crippen molar-refractivity contribution in [3.63, 3.8) is 0 Å². The number of hydrogen-bond acceptors (Lipinski definition) is 4. The van der Waals surface area contributed by atoms with E-state index in [0.717, 1.165) is 44.5 Å². The normalized spacial score (nSPS) is 21.9. The van der Waals surface area contributed by atoms with Crippen molar-refractivity contribution >= 4 is 17.6 Å². The van der Waals surface area contributed by atoms with Gasteiger partial charge < -0.3 is 15.5 Å². The van der Waals surface area contributed by atoms with Crippen LogP contribution in [0.1, 0.15) is 30.5 Å². The van der Waals surface area contributed by atoms with Gasteiger partial charge in [0.1, 0.15) is 12.4 Å². The van der Waals surface area contributed by atoms with E-state index in [1.807, 2.05) is 34.9 Å². The van der Waals surface area contributed by atoms with E-state index in [4.69, 9.17) is 5.73 Å². The molecule has 0 aliphatic carbocycles. The van der Waals surface area contributed by atoms with Gasteiger partial charge in [-0.2, -0.15) is 5.10 Å². The summed E-state index contributed by atoms with van der Waals surface area (Å²) in [5.74, 6) is 0.681. The molecule has 1 aromatic heterocycles. The number of carbonyl (C=O) groups excluding carboxylic acids is 2. The molecule has 0 radical (unpaired) electrons. The molecule has 1 atom stereocenters. The Morgan fingerprint density at radius 3 is 2.72 bits per heavy atom. The molecule has 0 bridgehead atoms. The molecule has 7 heteroatoms. The van der Waals surface area contributed by atoms with Gasteiger partial charge in [-0.15, -0.1) is 0 Å². The van der Waals surface area contributed by atoms with E-state index < -0.39 is 5.41 Å². The molecule has 2 aliphatic heterocycles. The van der Waals surface area contributed by atoms with E-state index in [0.29, 0.717) is 18.9 Å². The van der Waals surface area contributed by atoms with E-state index in [1.165, 1.54) is 10.2 Å². The number of nitrogens with two attached hydrogens (primary N) is 1. The minimum atomic E-state index is -0.420. The number of carbonyl (C=O) groups is 2. The monoisotopic (exact) mass is 395 g/mol. The molecule has 29 heavy (non-hydrogen) atoms. The Hall–Kier alpha value is -2.83. The molecule has 2 N–H and O–H groups in total. The van der Waals surface area contributed by atoms with E-state index in [2.05, 4.69) is 17.2 Å². The Kier molecular flexibility index (Phi) is 5.30. The fourth-order valence-electron chi connectivity index (χ4n) is 4.66. The SMILES string of the molecule is Cc1cc(N)n(CC(=O)N2CC[C@@]3(CCCN(CCc4ccccc4)C3=O)C2)n1. The van der Waals surface area contributed by atoms with E-state index in [9.17, 15) is 9.59 Å². The fraction of sp³-hybridized carbons (Fsp3) is 0.500. The van der Waals surface area contributed by atoms with Crippen LogP contribution in [0.2, 0.25) is 0 Å². The molecule has 2 aliphatic rings. The number of aryl methyl sites for hydroxylation is 1. The van der Waals surface area contributed by atoms with E-state index >= 15 is 0 Å². The molecular weight excluding hydrogens is 366 g/mol. The van der Waals surface area contributed by atoms with Crippen molar-refractivity contribution in [3.05, 3.63) is 47.7 Å². The van der Waals surface area contributed by atoms with Crippen LogP contribution >= 0.6 is 0 Å². The minimum Gasteiger partial charge on any atom is -0.384 e. The third-order valence-corrected chi connectivity index (χ3v) is 6.26. The summed E-state index contributed by atoms with van der Waals surface area (Å²) >= 11 is 0. The van der Waals surface area contributed by atoms with Crippen molar-refractivity contribution in [2.45, 2.75) is 39.2 Å². The number of likely N-dealkylation sites (tertiary alicyclic amines) is 2. The van der Waals surface area contributed by atoms with Crippen LogP contribution in [0.15, 0.2) is 36.4 Å². The predicted octanol–water partition coefficient (Wildman–Crippen LogP) is 1.86. The van der Waals surface area contributed by atoms with Gasteiger partial charge in [-0.05, 0) is 38.2 Å². The summed E-state index contributed by atoms with van der Waals surface area (Å²) < 4.78 is 1.54. The molecule has 2 fully saturated rings. The van der Waals surface area contributed by atoms with Crippen molar-refractivity contribution in [3.8, 4) is 0 Å². The summed E-state index contributed by atoms with van der Waals surface area (Å²) in [5.41, 5.74) is 7.54. The molecule has 4 rings (SSSR count). The molecule has 154 valence electrons. The topological polar surface area (TPSA) is 84.5 Å². The van der Waals surface area contributed by atoms with Crippen molar-refractivity contribution in [1.29, 1.82) is 0 Å². The Labute approximate surface area is 171 Å². The summed E-state index contributed by atoms with van der Waals surface area (Å²) in [6.07, 6.45) is 3.46.